The second-order valence-electron chi connectivity index (χ2n) is 6.10. The zero-order valence-corrected chi connectivity index (χ0v) is 12.8. The molecule has 5 heteroatoms. The lowest BCUT2D eigenvalue weighted by atomic mass is 9.91. The maximum absolute atomic E-state index is 12.7. The molecule has 0 aliphatic carbocycles. The summed E-state index contributed by atoms with van der Waals surface area (Å²) in [5.41, 5.74) is 1.54. The summed E-state index contributed by atoms with van der Waals surface area (Å²) in [5, 5.41) is 14.0. The predicted molar refractivity (Wildman–Crippen MR) is 77.6 cm³/mol. The summed E-state index contributed by atoms with van der Waals surface area (Å²) in [5.74, 6) is 0.629. The van der Waals surface area contributed by atoms with Crippen LogP contribution in [0.3, 0.4) is 0 Å². The van der Waals surface area contributed by atoms with Crippen molar-refractivity contribution < 1.29 is 9.90 Å². The van der Waals surface area contributed by atoms with E-state index in [1.165, 1.54) is 0 Å². The van der Waals surface area contributed by atoms with Crippen LogP contribution in [0, 0.1) is 5.92 Å². The van der Waals surface area contributed by atoms with Gasteiger partial charge in [0.1, 0.15) is 5.69 Å². The van der Waals surface area contributed by atoms with E-state index in [9.17, 15) is 9.90 Å². The summed E-state index contributed by atoms with van der Waals surface area (Å²) in [7, 11) is 1.81. The Morgan fingerprint density at radius 3 is 2.80 bits per heavy atom. The van der Waals surface area contributed by atoms with Gasteiger partial charge in [-0.25, -0.2) is 0 Å². The van der Waals surface area contributed by atoms with Gasteiger partial charge in [0.2, 0.25) is 0 Å². The highest BCUT2D eigenvalue weighted by molar-refractivity contribution is 5.93. The molecule has 1 aromatic heterocycles. The Balaban J connectivity index is 2.25. The van der Waals surface area contributed by atoms with Crippen molar-refractivity contribution in [2.75, 3.05) is 13.2 Å². The molecule has 112 valence electrons. The van der Waals surface area contributed by atoms with E-state index in [1.807, 2.05) is 11.0 Å². The number of aromatic nitrogens is 2. The van der Waals surface area contributed by atoms with Gasteiger partial charge in [0.15, 0.2) is 0 Å². The van der Waals surface area contributed by atoms with Gasteiger partial charge in [-0.3, -0.25) is 9.48 Å². The maximum atomic E-state index is 12.7. The molecule has 1 aromatic rings. The number of likely N-dealkylation sites (tertiary alicyclic amines) is 1. The van der Waals surface area contributed by atoms with E-state index >= 15 is 0 Å². The van der Waals surface area contributed by atoms with Crippen molar-refractivity contribution in [3.8, 4) is 0 Å². The topological polar surface area (TPSA) is 58.4 Å². The summed E-state index contributed by atoms with van der Waals surface area (Å²) in [6.07, 6.45) is 2.07. The molecule has 0 spiro atoms. The molecule has 2 atom stereocenters. The molecule has 1 amide bonds. The standard InChI is InChI=1S/C15H25N3O2/c1-10(2)12-8-13(17(4)16-12)15(20)18-7-5-6-11(3)14(18)9-19/h8,10-11,14,19H,5-7,9H2,1-4H3. The number of carbonyl (C=O) groups is 1. The first-order valence-electron chi connectivity index (χ1n) is 7.41. The molecular weight excluding hydrogens is 254 g/mol. The van der Waals surface area contributed by atoms with E-state index in [1.54, 1.807) is 11.7 Å². The summed E-state index contributed by atoms with van der Waals surface area (Å²) >= 11 is 0. The van der Waals surface area contributed by atoms with Crippen molar-refractivity contribution in [1.82, 2.24) is 14.7 Å². The van der Waals surface area contributed by atoms with Gasteiger partial charge in [-0.15, -0.1) is 0 Å². The highest BCUT2D eigenvalue weighted by Crippen LogP contribution is 2.25. The number of nitrogens with zero attached hydrogens (tertiary/aromatic N) is 3. The van der Waals surface area contributed by atoms with Crippen molar-refractivity contribution >= 4 is 5.91 Å². The lowest BCUT2D eigenvalue weighted by molar-refractivity contribution is 0.0349. The molecule has 0 radical (unpaired) electrons. The van der Waals surface area contributed by atoms with Crippen LogP contribution in [0.4, 0.5) is 0 Å². The zero-order chi connectivity index (χ0) is 14.9. The molecule has 2 rings (SSSR count). The van der Waals surface area contributed by atoms with Gasteiger partial charge in [-0.2, -0.15) is 5.10 Å². The smallest absolute Gasteiger partial charge is 0.272 e. The Morgan fingerprint density at radius 1 is 1.55 bits per heavy atom. The van der Waals surface area contributed by atoms with Gasteiger partial charge in [0, 0.05) is 13.6 Å². The molecule has 2 unspecified atom stereocenters. The third-order valence-electron chi connectivity index (χ3n) is 4.27. The van der Waals surface area contributed by atoms with E-state index in [2.05, 4.69) is 25.9 Å². The zero-order valence-electron chi connectivity index (χ0n) is 12.8. The Morgan fingerprint density at radius 2 is 2.25 bits per heavy atom. The Hall–Kier alpha value is -1.36. The van der Waals surface area contributed by atoms with E-state index in [4.69, 9.17) is 0 Å². The minimum atomic E-state index is -0.0753. The normalized spacial score (nSPS) is 23.4. The Kier molecular flexibility index (Phi) is 4.48. The van der Waals surface area contributed by atoms with Gasteiger partial charge in [-0.1, -0.05) is 20.8 Å². The number of hydrogen-bond donors (Lipinski definition) is 1. The van der Waals surface area contributed by atoms with Gasteiger partial charge < -0.3 is 10.0 Å². The van der Waals surface area contributed by atoms with Gasteiger partial charge in [0.05, 0.1) is 18.3 Å². The second-order valence-corrected chi connectivity index (χ2v) is 6.10. The minimum absolute atomic E-state index is 0.0162. The molecule has 1 fully saturated rings. The maximum Gasteiger partial charge on any atom is 0.272 e. The first-order valence-corrected chi connectivity index (χ1v) is 7.41. The van der Waals surface area contributed by atoms with Crippen LogP contribution in [0.15, 0.2) is 6.07 Å². The van der Waals surface area contributed by atoms with E-state index in [0.29, 0.717) is 17.5 Å². The number of piperidine rings is 1. The number of hydrogen-bond acceptors (Lipinski definition) is 3. The number of amides is 1. The summed E-state index contributed by atoms with van der Waals surface area (Å²) in [6.45, 7) is 6.98. The van der Waals surface area contributed by atoms with Crippen LogP contribution in [0.2, 0.25) is 0 Å². The number of aryl methyl sites for hydroxylation is 1. The summed E-state index contributed by atoms with van der Waals surface area (Å²) in [4.78, 5) is 14.5. The Bertz CT molecular complexity index is 481. The quantitative estimate of drug-likeness (QED) is 0.917. The molecule has 0 bridgehead atoms. The molecule has 1 aliphatic rings. The highest BCUT2D eigenvalue weighted by atomic mass is 16.3. The molecule has 5 nitrogen and oxygen atoms in total. The fraction of sp³-hybridized carbons (Fsp3) is 0.733. The molecule has 2 heterocycles. The third-order valence-corrected chi connectivity index (χ3v) is 4.27. The molecular formula is C15H25N3O2. The van der Waals surface area contributed by atoms with Gasteiger partial charge >= 0.3 is 0 Å². The fourth-order valence-electron chi connectivity index (χ4n) is 2.90. The van der Waals surface area contributed by atoms with Crippen molar-refractivity contribution in [3.05, 3.63) is 17.5 Å². The van der Waals surface area contributed by atoms with Crippen LogP contribution in [-0.4, -0.2) is 44.9 Å². The molecule has 1 aliphatic heterocycles. The fourth-order valence-corrected chi connectivity index (χ4v) is 2.90. The predicted octanol–water partition coefficient (Wildman–Crippen LogP) is 1.78. The second kappa shape index (κ2) is 5.95. The molecule has 0 aromatic carbocycles. The third kappa shape index (κ3) is 2.73. The summed E-state index contributed by atoms with van der Waals surface area (Å²) < 4.78 is 1.66. The minimum Gasteiger partial charge on any atom is -0.394 e. The van der Waals surface area contributed by atoms with Gasteiger partial charge in [0.25, 0.3) is 5.91 Å². The largest absolute Gasteiger partial charge is 0.394 e. The number of rotatable bonds is 3. The van der Waals surface area contributed by atoms with Crippen LogP contribution >= 0.6 is 0 Å². The van der Waals surface area contributed by atoms with Crippen LogP contribution < -0.4 is 0 Å². The van der Waals surface area contributed by atoms with Crippen molar-refractivity contribution in [2.45, 2.75) is 45.6 Å². The van der Waals surface area contributed by atoms with Crippen LogP contribution in [0.25, 0.3) is 0 Å². The van der Waals surface area contributed by atoms with E-state index < -0.39 is 0 Å². The van der Waals surface area contributed by atoms with Crippen molar-refractivity contribution in [2.24, 2.45) is 13.0 Å². The number of aliphatic hydroxyl groups is 1. The monoisotopic (exact) mass is 279 g/mol. The van der Waals surface area contributed by atoms with Gasteiger partial charge in [-0.05, 0) is 30.7 Å². The average Bonchev–Trinajstić information content (AvgIpc) is 2.80. The van der Waals surface area contributed by atoms with Crippen molar-refractivity contribution in [3.63, 3.8) is 0 Å². The Labute approximate surface area is 120 Å². The van der Waals surface area contributed by atoms with Crippen LogP contribution in [-0.2, 0) is 7.05 Å². The molecule has 0 saturated carbocycles. The number of carbonyl (C=O) groups excluding carboxylic acids is 1. The van der Waals surface area contributed by atoms with Crippen molar-refractivity contribution in [1.29, 1.82) is 0 Å². The van der Waals surface area contributed by atoms with Crippen LogP contribution in [0.1, 0.15) is 55.7 Å². The first-order chi connectivity index (χ1) is 9.45. The molecule has 1 saturated heterocycles. The van der Waals surface area contributed by atoms with E-state index in [-0.39, 0.29) is 18.6 Å². The lowest BCUT2D eigenvalue weighted by Crippen LogP contribution is -2.50. The average molecular weight is 279 g/mol. The van der Waals surface area contributed by atoms with E-state index in [0.717, 1.165) is 25.1 Å². The SMILES string of the molecule is CC(C)c1cc(C(=O)N2CCCC(C)C2CO)n(C)n1. The highest BCUT2D eigenvalue weighted by Gasteiger charge is 2.33. The summed E-state index contributed by atoms with van der Waals surface area (Å²) in [6, 6.07) is 1.80. The molecule has 1 N–H and O–H groups in total. The van der Waals surface area contributed by atoms with Crippen LogP contribution in [0.5, 0.6) is 0 Å². The molecule has 20 heavy (non-hydrogen) atoms. The lowest BCUT2D eigenvalue weighted by Gasteiger charge is -2.38. The first kappa shape index (κ1) is 15.0. The number of aliphatic hydroxyl groups excluding tert-OH is 1.